The molecule has 8 fully saturated rings. The van der Waals surface area contributed by atoms with Crippen LogP contribution in [0.25, 0.3) is 0 Å². The fourth-order valence-corrected chi connectivity index (χ4v) is 20.8. The van der Waals surface area contributed by atoms with Gasteiger partial charge in [0.05, 0.1) is 36.6 Å². The average molecular weight is 1170 g/mol. The molecule has 8 saturated carbocycles. The molecule has 24 atom stereocenters. The van der Waals surface area contributed by atoms with Gasteiger partial charge in [-0.3, -0.25) is 19.2 Å². The molecule has 0 bridgehead atoms. The van der Waals surface area contributed by atoms with Gasteiger partial charge >= 0.3 is 0 Å². The molecule has 4 amide bonds. The van der Waals surface area contributed by atoms with E-state index in [1.165, 1.54) is 0 Å². The third-order valence-corrected chi connectivity index (χ3v) is 25.8. The van der Waals surface area contributed by atoms with Crippen LogP contribution in [-0.2, 0) is 32.3 Å². The minimum absolute atomic E-state index is 0.00867. The highest BCUT2D eigenvalue weighted by Gasteiger charge is 2.67. The molecular weight excluding hydrogens is 1060 g/mol. The fraction of sp³-hybridized carbons (Fsp3) is 0.853. The van der Waals surface area contributed by atoms with E-state index in [2.05, 4.69) is 62.8 Å². The Bertz CT molecular complexity index is 2240. The van der Waals surface area contributed by atoms with Crippen LogP contribution in [0, 0.1) is 92.7 Å². The summed E-state index contributed by atoms with van der Waals surface area (Å²) >= 11 is 0. The van der Waals surface area contributed by atoms with E-state index >= 15 is 0 Å². The molecule has 474 valence electrons. The molecule has 0 aromatic heterocycles. The van der Waals surface area contributed by atoms with Crippen LogP contribution in [0.15, 0.2) is 24.3 Å². The molecule has 0 heterocycles. The Kier molecular flexibility index (Phi) is 21.2. The number of aliphatic hydroxyl groups is 6. The lowest BCUT2D eigenvalue weighted by Gasteiger charge is -2.63. The van der Waals surface area contributed by atoms with Gasteiger partial charge in [0.2, 0.25) is 23.6 Å². The lowest BCUT2D eigenvalue weighted by Crippen LogP contribution is -2.62. The number of carbonyl (C=O) groups excluding carboxylic acids is 4. The van der Waals surface area contributed by atoms with Crippen molar-refractivity contribution in [1.82, 2.24) is 21.3 Å². The van der Waals surface area contributed by atoms with Gasteiger partial charge in [0.1, 0.15) is 12.1 Å². The first-order valence-corrected chi connectivity index (χ1v) is 33.7. The maximum Gasteiger partial charge on any atom is 0.242 e. The second kappa shape index (κ2) is 27.3. The molecule has 2 unspecified atom stereocenters. The summed E-state index contributed by atoms with van der Waals surface area (Å²) in [6.07, 6.45) is 14.5. The Morgan fingerprint density at radius 2 is 0.893 bits per heavy atom. The number of benzene rings is 1. The molecule has 0 aliphatic heterocycles. The van der Waals surface area contributed by atoms with Crippen molar-refractivity contribution < 1.29 is 49.8 Å². The topological polar surface area (TPSA) is 290 Å². The summed E-state index contributed by atoms with van der Waals surface area (Å²) in [5.74, 6) is 1.48. The van der Waals surface area contributed by atoms with Crippen molar-refractivity contribution in [2.24, 2.45) is 104 Å². The summed E-state index contributed by atoms with van der Waals surface area (Å²) in [6, 6.07) is 6.19. The smallest absolute Gasteiger partial charge is 0.242 e. The van der Waals surface area contributed by atoms with Crippen LogP contribution in [-0.4, -0.2) is 116 Å². The normalized spacial score (nSPS) is 40.9. The molecule has 84 heavy (non-hydrogen) atoms. The van der Waals surface area contributed by atoms with Crippen molar-refractivity contribution in [2.45, 2.75) is 257 Å². The Balaban J connectivity index is 0.723. The van der Waals surface area contributed by atoms with E-state index < -0.39 is 36.5 Å². The first kappa shape index (κ1) is 65.2. The summed E-state index contributed by atoms with van der Waals surface area (Å²) < 4.78 is 0. The number of aliphatic hydroxyl groups excluding tert-OH is 6. The van der Waals surface area contributed by atoms with Crippen LogP contribution < -0.4 is 32.7 Å². The zero-order chi connectivity index (χ0) is 60.5. The molecule has 1 aromatic carbocycles. The van der Waals surface area contributed by atoms with Crippen LogP contribution in [0.2, 0.25) is 0 Å². The summed E-state index contributed by atoms with van der Waals surface area (Å²) in [6.45, 7) is 15.0. The Labute approximate surface area is 502 Å². The van der Waals surface area contributed by atoms with E-state index in [1.54, 1.807) is 0 Å². The zero-order valence-corrected chi connectivity index (χ0v) is 52.1. The first-order valence-electron chi connectivity index (χ1n) is 33.7. The summed E-state index contributed by atoms with van der Waals surface area (Å²) in [5, 5.41) is 80.8. The Morgan fingerprint density at radius 3 is 1.26 bits per heavy atom. The summed E-state index contributed by atoms with van der Waals surface area (Å²) in [7, 11) is 0. The van der Waals surface area contributed by atoms with Crippen LogP contribution in [0.5, 0.6) is 0 Å². The van der Waals surface area contributed by atoms with Crippen molar-refractivity contribution in [3.63, 3.8) is 0 Å². The van der Waals surface area contributed by atoms with Gasteiger partial charge in [-0.05, 0) is 258 Å². The second-order valence-corrected chi connectivity index (χ2v) is 30.1. The first-order chi connectivity index (χ1) is 40.0. The van der Waals surface area contributed by atoms with Gasteiger partial charge in [-0.2, -0.15) is 0 Å². The van der Waals surface area contributed by atoms with E-state index in [0.717, 1.165) is 101 Å². The molecule has 8 aliphatic carbocycles. The fourth-order valence-electron chi connectivity index (χ4n) is 20.8. The minimum Gasteiger partial charge on any atom is -0.393 e. The quantitative estimate of drug-likeness (QED) is 0.0471. The van der Waals surface area contributed by atoms with E-state index in [1.807, 2.05) is 24.3 Å². The second-order valence-electron chi connectivity index (χ2n) is 30.1. The van der Waals surface area contributed by atoms with Gasteiger partial charge in [-0.15, -0.1) is 0 Å². The van der Waals surface area contributed by atoms with Crippen LogP contribution in [0.1, 0.15) is 207 Å². The molecule has 16 nitrogen and oxygen atoms in total. The third kappa shape index (κ3) is 13.1. The highest BCUT2D eigenvalue weighted by Crippen LogP contribution is 2.70. The minimum atomic E-state index is -0.721. The summed E-state index contributed by atoms with van der Waals surface area (Å²) in [5.41, 5.74) is 12.7. The van der Waals surface area contributed by atoms with E-state index in [0.29, 0.717) is 64.5 Å². The number of nitrogens with two attached hydrogens (primary N) is 2. The Hall–Kier alpha value is -3.22. The lowest BCUT2D eigenvalue weighted by molar-refractivity contribution is -0.207. The van der Waals surface area contributed by atoms with Gasteiger partial charge in [-0.1, -0.05) is 65.8 Å². The highest BCUT2D eigenvalue weighted by atomic mass is 16.3. The van der Waals surface area contributed by atoms with Crippen LogP contribution in [0.4, 0.5) is 0 Å². The van der Waals surface area contributed by atoms with Crippen molar-refractivity contribution >= 4 is 23.6 Å². The predicted octanol–water partition coefficient (Wildman–Crippen LogP) is 6.90. The molecule has 0 spiro atoms. The number of hydrogen-bond donors (Lipinski definition) is 12. The van der Waals surface area contributed by atoms with Crippen molar-refractivity contribution in [1.29, 1.82) is 0 Å². The largest absolute Gasteiger partial charge is 0.393 e. The number of fused-ring (bicyclic) bond motifs is 10. The number of nitrogens with one attached hydrogen (secondary N) is 4. The van der Waals surface area contributed by atoms with Crippen molar-refractivity contribution in [3.05, 3.63) is 35.4 Å². The highest BCUT2D eigenvalue weighted by molar-refractivity contribution is 5.88. The lowest BCUT2D eigenvalue weighted by atomic mass is 9.43. The molecule has 8 aliphatic rings. The van der Waals surface area contributed by atoms with Crippen molar-refractivity contribution in [2.75, 3.05) is 13.1 Å². The molecule has 16 heteroatoms. The van der Waals surface area contributed by atoms with Gasteiger partial charge in [0.25, 0.3) is 0 Å². The number of unbranched alkanes of at least 4 members (excludes halogenated alkanes) is 2. The van der Waals surface area contributed by atoms with Gasteiger partial charge in [-0.25, -0.2) is 0 Å². The monoisotopic (exact) mass is 1170 g/mol. The third-order valence-electron chi connectivity index (χ3n) is 25.8. The predicted molar refractivity (Wildman–Crippen MR) is 325 cm³/mol. The van der Waals surface area contributed by atoms with Crippen LogP contribution >= 0.6 is 0 Å². The maximum atomic E-state index is 13.8. The van der Waals surface area contributed by atoms with Gasteiger partial charge in [0, 0.05) is 25.9 Å². The zero-order valence-electron chi connectivity index (χ0n) is 52.1. The average Bonchev–Trinajstić information content (AvgIpc) is 1.58. The number of amides is 4. The Morgan fingerprint density at radius 1 is 0.512 bits per heavy atom. The van der Waals surface area contributed by atoms with Gasteiger partial charge < -0.3 is 63.4 Å². The van der Waals surface area contributed by atoms with E-state index in [9.17, 15) is 49.8 Å². The maximum absolute atomic E-state index is 13.8. The van der Waals surface area contributed by atoms with Gasteiger partial charge in [0.15, 0.2) is 0 Å². The standard InChI is InChI=1S/C68H112N6O10/c1-39(47-19-21-49-61-51(35-57(79)67(47,49)5)65(3)27-25-45(75)31-43(65)33-55(61)77)13-23-59(81)73-53(11-7-9-29-69)63(83)71-37-41-15-17-42(18-16-41)38-72-64(84)54(12-8-10-30-70)74-60(82)24-14-40(2)48-20-22-50-62-52(36-58(80)68(48,50)6)66(4)28-26-46(76)32-44(66)34-56(62)78/h15-18,39-40,43-58,61-62,75-80H,7-14,19-38,69-70H2,1-6H3,(H,71,83)(H,72,84)(H,73,81)(H,74,82)/t39-,40-,43+,44+,45-,46-,47-,48-,49+,50+,51+,52+,53?,54?,55-,56-,57+,58+,61+,62+,65+,66+,67-,68-/m1/s1. The van der Waals surface area contributed by atoms with Crippen molar-refractivity contribution in [3.8, 4) is 0 Å². The van der Waals surface area contributed by atoms with Crippen LogP contribution in [0.3, 0.4) is 0 Å². The molecule has 9 rings (SSSR count). The molecule has 1 aromatic rings. The van der Waals surface area contributed by atoms with E-state index in [-0.39, 0.29) is 154 Å². The number of carbonyl (C=O) groups is 4. The summed E-state index contributed by atoms with van der Waals surface area (Å²) in [4.78, 5) is 54.9. The molecule has 0 saturated heterocycles. The van der Waals surface area contributed by atoms with E-state index in [4.69, 9.17) is 11.5 Å². The number of hydrogen-bond acceptors (Lipinski definition) is 12. The molecular formula is C68H112N6O10. The SMILES string of the molecule is C[C@H](CCC(=O)NC(CCCCN)C(=O)NCc1ccc(CNC(=O)C(CCCCN)NC(=O)CC[C@@H](C)[C@H]2CC[C@H]3[C@@H]4[C@H](O)C[C@@H]5C[C@H](O)CC[C@]5(C)[C@H]4C[C@H](O)[C@]23C)cc1)[C@H]1CC[C@H]2[C@@H]3[C@H](O)C[C@@H]4C[C@H](O)CC[C@]4(C)[C@H]3C[C@H](O)[C@]12C. The number of rotatable bonds is 24. The molecule has 0 radical (unpaired) electrons. The molecule has 14 N–H and O–H groups in total.